The van der Waals surface area contributed by atoms with E-state index in [0.717, 1.165) is 12.0 Å². The number of hydrogen-bond acceptors (Lipinski definition) is 2. The molecule has 0 spiro atoms. The lowest BCUT2D eigenvalue weighted by Gasteiger charge is -2.18. The Morgan fingerprint density at radius 3 is 2.73 bits per heavy atom. The third-order valence-corrected chi connectivity index (χ3v) is 4.14. The Balaban J connectivity index is 2.22. The Kier molecular flexibility index (Phi) is 5.52. The zero-order valence-electron chi connectivity index (χ0n) is 13.1. The van der Waals surface area contributed by atoms with Crippen LogP contribution in [0.1, 0.15) is 38.2 Å². The highest BCUT2D eigenvalue weighted by Gasteiger charge is 2.39. The van der Waals surface area contributed by atoms with E-state index in [-0.39, 0.29) is 29.5 Å². The quantitative estimate of drug-likeness (QED) is 0.907. The molecule has 1 heterocycles. The van der Waals surface area contributed by atoms with Crippen molar-refractivity contribution in [1.82, 2.24) is 10.2 Å². The highest BCUT2D eigenvalue weighted by molar-refractivity contribution is 5.83. The van der Waals surface area contributed by atoms with Gasteiger partial charge in [-0.2, -0.15) is 0 Å². The minimum Gasteiger partial charge on any atom is -0.356 e. The molecule has 1 N–H and O–H groups in total. The molecule has 0 bridgehead atoms. The van der Waals surface area contributed by atoms with Crippen LogP contribution in [0.5, 0.6) is 0 Å². The van der Waals surface area contributed by atoms with Gasteiger partial charge in [-0.25, -0.2) is 4.39 Å². The van der Waals surface area contributed by atoms with Gasteiger partial charge in [0.05, 0.1) is 5.92 Å². The summed E-state index contributed by atoms with van der Waals surface area (Å²) in [5, 5.41) is 2.90. The van der Waals surface area contributed by atoms with E-state index in [1.807, 2.05) is 19.9 Å². The maximum atomic E-state index is 13.5. The Hall–Kier alpha value is -1.91. The molecule has 2 unspecified atom stereocenters. The molecule has 1 aliphatic heterocycles. The standard InChI is InChI=1S/C17H23FN2O2/c1-3-8-19-17(22)15-11-20(16(21)4-2)10-14(15)12-6-5-7-13(18)9-12/h5-7,9,14-15H,3-4,8,10-11H2,1-2H3,(H,19,22). The molecule has 0 aromatic heterocycles. The third kappa shape index (κ3) is 3.64. The predicted molar refractivity (Wildman–Crippen MR) is 82.8 cm³/mol. The molecular formula is C17H23FN2O2. The first-order chi connectivity index (χ1) is 10.6. The molecule has 2 rings (SSSR count). The average molecular weight is 306 g/mol. The first-order valence-corrected chi connectivity index (χ1v) is 7.87. The van der Waals surface area contributed by atoms with Gasteiger partial charge >= 0.3 is 0 Å². The zero-order valence-corrected chi connectivity index (χ0v) is 13.1. The summed E-state index contributed by atoms with van der Waals surface area (Å²) >= 11 is 0. The molecule has 1 aromatic carbocycles. The molecule has 1 aliphatic rings. The molecule has 2 amide bonds. The van der Waals surface area contributed by atoms with Crippen molar-refractivity contribution in [2.45, 2.75) is 32.6 Å². The van der Waals surface area contributed by atoms with Crippen molar-refractivity contribution in [3.8, 4) is 0 Å². The van der Waals surface area contributed by atoms with Crippen LogP contribution in [-0.2, 0) is 9.59 Å². The van der Waals surface area contributed by atoms with Crippen LogP contribution < -0.4 is 5.32 Å². The van der Waals surface area contributed by atoms with Crippen LogP contribution in [0.25, 0.3) is 0 Å². The molecule has 4 nitrogen and oxygen atoms in total. The van der Waals surface area contributed by atoms with Crippen LogP contribution >= 0.6 is 0 Å². The van der Waals surface area contributed by atoms with Gasteiger partial charge in [0.15, 0.2) is 0 Å². The van der Waals surface area contributed by atoms with E-state index in [0.29, 0.717) is 26.1 Å². The number of benzene rings is 1. The van der Waals surface area contributed by atoms with Crippen LogP contribution in [0.4, 0.5) is 4.39 Å². The molecular weight excluding hydrogens is 283 g/mol. The van der Waals surface area contributed by atoms with E-state index in [2.05, 4.69) is 5.32 Å². The SMILES string of the molecule is CCCNC(=O)C1CN(C(=O)CC)CC1c1cccc(F)c1. The second kappa shape index (κ2) is 7.38. The summed E-state index contributed by atoms with van der Waals surface area (Å²) in [6.45, 7) is 5.30. The van der Waals surface area contributed by atoms with Gasteiger partial charge in [-0.15, -0.1) is 0 Å². The normalized spacial score (nSPS) is 21.0. The predicted octanol–water partition coefficient (Wildman–Crippen LogP) is 2.30. The van der Waals surface area contributed by atoms with Crippen molar-refractivity contribution in [2.24, 2.45) is 5.92 Å². The van der Waals surface area contributed by atoms with Gasteiger partial charge in [0.25, 0.3) is 0 Å². The smallest absolute Gasteiger partial charge is 0.225 e. The fourth-order valence-corrected chi connectivity index (χ4v) is 2.95. The van der Waals surface area contributed by atoms with Gasteiger partial charge in [0, 0.05) is 32.0 Å². The molecule has 120 valence electrons. The number of rotatable bonds is 5. The molecule has 1 fully saturated rings. The first-order valence-electron chi connectivity index (χ1n) is 7.87. The molecule has 1 aromatic rings. The Morgan fingerprint density at radius 1 is 1.32 bits per heavy atom. The number of carbonyl (C=O) groups is 2. The Labute approximate surface area is 130 Å². The second-order valence-corrected chi connectivity index (χ2v) is 5.71. The van der Waals surface area contributed by atoms with Gasteiger partial charge in [0.1, 0.15) is 5.82 Å². The van der Waals surface area contributed by atoms with Gasteiger partial charge < -0.3 is 10.2 Å². The molecule has 1 saturated heterocycles. The van der Waals surface area contributed by atoms with Crippen molar-refractivity contribution in [3.63, 3.8) is 0 Å². The van der Waals surface area contributed by atoms with Crippen molar-refractivity contribution < 1.29 is 14.0 Å². The third-order valence-electron chi connectivity index (χ3n) is 4.14. The minimum absolute atomic E-state index is 0.0344. The maximum absolute atomic E-state index is 13.5. The van der Waals surface area contributed by atoms with Gasteiger partial charge in [0.2, 0.25) is 11.8 Å². The van der Waals surface area contributed by atoms with Crippen LogP contribution in [-0.4, -0.2) is 36.3 Å². The summed E-state index contributed by atoms with van der Waals surface area (Å²) in [6.07, 6.45) is 1.28. The van der Waals surface area contributed by atoms with Gasteiger partial charge in [-0.05, 0) is 24.1 Å². The average Bonchev–Trinajstić information content (AvgIpc) is 2.97. The van der Waals surface area contributed by atoms with E-state index in [1.54, 1.807) is 11.0 Å². The molecule has 0 radical (unpaired) electrons. The monoisotopic (exact) mass is 306 g/mol. The number of nitrogens with zero attached hydrogens (tertiary/aromatic N) is 1. The maximum Gasteiger partial charge on any atom is 0.225 e. The Morgan fingerprint density at radius 2 is 2.09 bits per heavy atom. The zero-order chi connectivity index (χ0) is 16.1. The second-order valence-electron chi connectivity index (χ2n) is 5.71. The molecule has 0 aliphatic carbocycles. The Bertz CT molecular complexity index is 547. The summed E-state index contributed by atoms with van der Waals surface area (Å²) in [5.41, 5.74) is 0.781. The number of halogens is 1. The minimum atomic E-state index is -0.316. The van der Waals surface area contributed by atoms with Gasteiger partial charge in [-0.1, -0.05) is 26.0 Å². The van der Waals surface area contributed by atoms with Crippen LogP contribution in [0, 0.1) is 11.7 Å². The van der Waals surface area contributed by atoms with E-state index in [9.17, 15) is 14.0 Å². The van der Waals surface area contributed by atoms with E-state index in [1.165, 1.54) is 12.1 Å². The van der Waals surface area contributed by atoms with Crippen molar-refractivity contribution >= 4 is 11.8 Å². The number of amides is 2. The number of likely N-dealkylation sites (tertiary alicyclic amines) is 1. The van der Waals surface area contributed by atoms with Crippen molar-refractivity contribution in [3.05, 3.63) is 35.6 Å². The van der Waals surface area contributed by atoms with Crippen molar-refractivity contribution in [1.29, 1.82) is 0 Å². The molecule has 5 heteroatoms. The molecule has 2 atom stereocenters. The van der Waals surface area contributed by atoms with E-state index < -0.39 is 0 Å². The summed E-state index contributed by atoms with van der Waals surface area (Å²) in [4.78, 5) is 26.1. The summed E-state index contributed by atoms with van der Waals surface area (Å²) in [6, 6.07) is 6.33. The first kappa shape index (κ1) is 16.5. The highest BCUT2D eigenvalue weighted by atomic mass is 19.1. The number of hydrogen-bond donors (Lipinski definition) is 1. The number of carbonyl (C=O) groups excluding carboxylic acids is 2. The van der Waals surface area contributed by atoms with Crippen LogP contribution in [0.2, 0.25) is 0 Å². The highest BCUT2D eigenvalue weighted by Crippen LogP contribution is 2.33. The fraction of sp³-hybridized carbons (Fsp3) is 0.529. The molecule has 0 saturated carbocycles. The lowest BCUT2D eigenvalue weighted by Crippen LogP contribution is -2.35. The van der Waals surface area contributed by atoms with Gasteiger partial charge in [-0.3, -0.25) is 9.59 Å². The summed E-state index contributed by atoms with van der Waals surface area (Å²) < 4.78 is 13.5. The van der Waals surface area contributed by atoms with Crippen LogP contribution in [0.15, 0.2) is 24.3 Å². The van der Waals surface area contributed by atoms with E-state index >= 15 is 0 Å². The lowest BCUT2D eigenvalue weighted by atomic mass is 9.88. The fourth-order valence-electron chi connectivity index (χ4n) is 2.95. The number of nitrogens with one attached hydrogen (secondary N) is 1. The van der Waals surface area contributed by atoms with E-state index in [4.69, 9.17) is 0 Å². The van der Waals surface area contributed by atoms with Crippen molar-refractivity contribution in [2.75, 3.05) is 19.6 Å². The lowest BCUT2D eigenvalue weighted by molar-refractivity contribution is -0.130. The summed E-state index contributed by atoms with van der Waals surface area (Å²) in [7, 11) is 0. The topological polar surface area (TPSA) is 49.4 Å². The van der Waals surface area contributed by atoms with Crippen LogP contribution in [0.3, 0.4) is 0 Å². The summed E-state index contributed by atoms with van der Waals surface area (Å²) in [5.74, 6) is -0.799. The largest absolute Gasteiger partial charge is 0.356 e. The molecule has 22 heavy (non-hydrogen) atoms.